The minimum atomic E-state index is -0.300. The molecule has 3 aromatic carbocycles. The van der Waals surface area contributed by atoms with Crippen LogP contribution in [0.4, 0.5) is 11.4 Å². The summed E-state index contributed by atoms with van der Waals surface area (Å²) in [6.07, 6.45) is 1.93. The van der Waals surface area contributed by atoms with Crippen molar-refractivity contribution in [3.8, 4) is 5.75 Å². The highest BCUT2D eigenvalue weighted by atomic mass is 16.5. The van der Waals surface area contributed by atoms with Crippen molar-refractivity contribution in [2.75, 3.05) is 16.3 Å². The number of anilines is 2. The first-order chi connectivity index (χ1) is 16.4. The van der Waals surface area contributed by atoms with E-state index in [-0.39, 0.29) is 17.9 Å². The average Bonchev–Trinajstić information content (AvgIpc) is 3.08. The van der Waals surface area contributed by atoms with Crippen molar-refractivity contribution >= 4 is 28.8 Å². The highest BCUT2D eigenvalue weighted by Gasteiger charge is 2.43. The third-order valence-electron chi connectivity index (χ3n) is 6.21. The number of para-hydroxylation sites is 1. The lowest BCUT2D eigenvalue weighted by molar-refractivity contribution is -0.120. The van der Waals surface area contributed by atoms with Crippen LogP contribution in [0.2, 0.25) is 0 Å². The van der Waals surface area contributed by atoms with Crippen molar-refractivity contribution in [2.24, 2.45) is 0 Å². The minimum absolute atomic E-state index is 0.0528. The van der Waals surface area contributed by atoms with Crippen LogP contribution in [0.5, 0.6) is 5.75 Å². The predicted molar refractivity (Wildman–Crippen MR) is 135 cm³/mol. The molecule has 0 N–H and O–H groups in total. The van der Waals surface area contributed by atoms with E-state index in [9.17, 15) is 9.59 Å². The maximum absolute atomic E-state index is 13.9. The molecule has 0 spiro atoms. The number of hydrogen-bond acceptors (Lipinski definition) is 4. The summed E-state index contributed by atoms with van der Waals surface area (Å²) in [5.41, 5.74) is 5.35. The number of ether oxygens (including phenoxy) is 1. The number of hydrogen-bond donors (Lipinski definition) is 0. The molecule has 0 radical (unpaired) electrons. The monoisotopic (exact) mass is 452 g/mol. The number of rotatable bonds is 5. The smallest absolute Gasteiger partial charge is 0.282 e. The molecule has 2 amide bonds. The van der Waals surface area contributed by atoms with E-state index >= 15 is 0 Å². The Hall–Kier alpha value is -3.86. The molecule has 5 nitrogen and oxygen atoms in total. The van der Waals surface area contributed by atoms with Gasteiger partial charge in [0.15, 0.2) is 0 Å². The molecule has 0 bridgehead atoms. The maximum atomic E-state index is 13.9. The van der Waals surface area contributed by atoms with Gasteiger partial charge in [-0.1, -0.05) is 42.5 Å². The van der Waals surface area contributed by atoms with Gasteiger partial charge in [-0.15, -0.1) is 0 Å². The summed E-state index contributed by atoms with van der Waals surface area (Å²) in [5.74, 6) is 0.146. The standard InChI is InChI=1S/C29H28N2O3/c1-19(2)34-24-15-13-22(14-16-24)26-27(30-17-7-10-21-9-4-5-12-25(21)30)29(33)31(28(26)32)23-11-6-8-20(3)18-23/h4-6,8-9,11-16,18-19H,7,10,17H2,1-3H3. The van der Waals surface area contributed by atoms with Crippen molar-refractivity contribution < 1.29 is 14.3 Å². The van der Waals surface area contributed by atoms with E-state index in [0.717, 1.165) is 29.8 Å². The summed E-state index contributed by atoms with van der Waals surface area (Å²) in [4.78, 5) is 31.1. The first kappa shape index (κ1) is 22.0. The van der Waals surface area contributed by atoms with Gasteiger partial charge in [-0.25, -0.2) is 4.90 Å². The third kappa shape index (κ3) is 3.87. The lowest BCUT2D eigenvalue weighted by atomic mass is 9.98. The molecule has 5 heteroatoms. The molecule has 3 aromatic rings. The van der Waals surface area contributed by atoms with Crippen LogP contribution in [0.25, 0.3) is 5.57 Å². The zero-order valence-electron chi connectivity index (χ0n) is 19.7. The van der Waals surface area contributed by atoms with E-state index in [2.05, 4.69) is 6.07 Å². The fourth-order valence-electron chi connectivity index (χ4n) is 4.77. The fraction of sp³-hybridized carbons (Fsp3) is 0.241. The number of nitrogens with zero attached hydrogens (tertiary/aromatic N) is 2. The van der Waals surface area contributed by atoms with Crippen LogP contribution in [-0.2, 0) is 16.0 Å². The van der Waals surface area contributed by atoms with E-state index in [0.29, 0.717) is 29.1 Å². The largest absolute Gasteiger partial charge is 0.491 e. The lowest BCUT2D eigenvalue weighted by Crippen LogP contribution is -2.37. The Morgan fingerprint density at radius 3 is 2.38 bits per heavy atom. The van der Waals surface area contributed by atoms with Gasteiger partial charge in [0.25, 0.3) is 11.8 Å². The highest BCUT2D eigenvalue weighted by molar-refractivity contribution is 6.46. The molecule has 0 unspecified atom stereocenters. The number of amides is 2. The summed E-state index contributed by atoms with van der Waals surface area (Å²) in [6, 6.07) is 23.1. The van der Waals surface area contributed by atoms with Crippen molar-refractivity contribution in [3.05, 3.63) is 95.2 Å². The lowest BCUT2D eigenvalue weighted by Gasteiger charge is -2.32. The van der Waals surface area contributed by atoms with E-state index in [4.69, 9.17) is 4.74 Å². The molecule has 0 aliphatic carbocycles. The van der Waals surface area contributed by atoms with E-state index < -0.39 is 0 Å². The number of carbonyl (C=O) groups is 2. The van der Waals surface area contributed by atoms with Gasteiger partial charge in [-0.05, 0) is 80.6 Å². The highest BCUT2D eigenvalue weighted by Crippen LogP contribution is 2.39. The topological polar surface area (TPSA) is 49.9 Å². The Bertz CT molecular complexity index is 1290. The Balaban J connectivity index is 1.65. The second-order valence-corrected chi connectivity index (χ2v) is 9.08. The van der Waals surface area contributed by atoms with Crippen molar-refractivity contribution in [3.63, 3.8) is 0 Å². The normalized spacial score (nSPS) is 15.9. The SMILES string of the molecule is Cc1cccc(N2C(=O)C(c3ccc(OC(C)C)cc3)=C(N3CCCc4ccccc43)C2=O)c1. The van der Waals surface area contributed by atoms with Gasteiger partial charge in [-0.2, -0.15) is 0 Å². The second kappa shape index (κ2) is 8.82. The summed E-state index contributed by atoms with van der Waals surface area (Å²) >= 11 is 0. The number of imide groups is 1. The van der Waals surface area contributed by atoms with Crippen LogP contribution in [0.3, 0.4) is 0 Å². The van der Waals surface area contributed by atoms with Crippen LogP contribution in [-0.4, -0.2) is 24.5 Å². The van der Waals surface area contributed by atoms with E-state index in [1.54, 1.807) is 0 Å². The van der Waals surface area contributed by atoms with Crippen molar-refractivity contribution in [1.29, 1.82) is 0 Å². The zero-order chi connectivity index (χ0) is 23.8. The van der Waals surface area contributed by atoms with Crippen LogP contribution in [0, 0.1) is 6.92 Å². The van der Waals surface area contributed by atoms with Gasteiger partial charge in [0, 0.05) is 12.2 Å². The molecular formula is C29H28N2O3. The third-order valence-corrected chi connectivity index (χ3v) is 6.21. The van der Waals surface area contributed by atoms with Crippen LogP contribution in [0.15, 0.2) is 78.5 Å². The molecule has 0 saturated heterocycles. The molecule has 2 aliphatic rings. The van der Waals surface area contributed by atoms with Crippen LogP contribution >= 0.6 is 0 Å². The quantitative estimate of drug-likeness (QED) is 0.479. The van der Waals surface area contributed by atoms with Gasteiger partial charge < -0.3 is 9.64 Å². The molecule has 0 saturated carbocycles. The van der Waals surface area contributed by atoms with Gasteiger partial charge in [0.05, 0.1) is 17.4 Å². The summed E-state index contributed by atoms with van der Waals surface area (Å²) in [6.45, 7) is 6.59. The van der Waals surface area contributed by atoms with Crippen LogP contribution < -0.4 is 14.5 Å². The summed E-state index contributed by atoms with van der Waals surface area (Å²) < 4.78 is 5.78. The van der Waals surface area contributed by atoms with Gasteiger partial charge in [-0.3, -0.25) is 9.59 Å². The number of fused-ring (bicyclic) bond motifs is 1. The number of benzene rings is 3. The van der Waals surface area contributed by atoms with E-state index in [1.165, 1.54) is 10.5 Å². The number of carbonyl (C=O) groups excluding carboxylic acids is 2. The Kier molecular flexibility index (Phi) is 5.70. The molecule has 0 aromatic heterocycles. The molecule has 0 atom stereocenters. The van der Waals surface area contributed by atoms with Crippen LogP contribution in [0.1, 0.15) is 37.0 Å². The van der Waals surface area contributed by atoms with E-state index in [1.807, 2.05) is 92.4 Å². The first-order valence-corrected chi connectivity index (χ1v) is 11.8. The van der Waals surface area contributed by atoms with Crippen molar-refractivity contribution in [2.45, 2.75) is 39.7 Å². The molecular weight excluding hydrogens is 424 g/mol. The molecule has 0 fully saturated rings. The summed E-state index contributed by atoms with van der Waals surface area (Å²) in [5, 5.41) is 0. The van der Waals surface area contributed by atoms with Crippen molar-refractivity contribution in [1.82, 2.24) is 0 Å². The molecule has 2 aliphatic heterocycles. The average molecular weight is 453 g/mol. The maximum Gasteiger partial charge on any atom is 0.282 e. The molecule has 2 heterocycles. The molecule has 172 valence electrons. The fourth-order valence-corrected chi connectivity index (χ4v) is 4.77. The van der Waals surface area contributed by atoms with Gasteiger partial charge in [0.2, 0.25) is 0 Å². The first-order valence-electron chi connectivity index (χ1n) is 11.8. The number of aryl methyl sites for hydroxylation is 2. The Morgan fingerprint density at radius 2 is 1.65 bits per heavy atom. The Morgan fingerprint density at radius 1 is 0.882 bits per heavy atom. The molecule has 34 heavy (non-hydrogen) atoms. The second-order valence-electron chi connectivity index (χ2n) is 9.08. The minimum Gasteiger partial charge on any atom is -0.491 e. The molecule has 5 rings (SSSR count). The Labute approximate surface area is 200 Å². The van der Waals surface area contributed by atoms with Gasteiger partial charge >= 0.3 is 0 Å². The van der Waals surface area contributed by atoms with Gasteiger partial charge in [0.1, 0.15) is 11.4 Å². The predicted octanol–water partition coefficient (Wildman–Crippen LogP) is 5.52. The summed E-state index contributed by atoms with van der Waals surface area (Å²) in [7, 11) is 0. The zero-order valence-corrected chi connectivity index (χ0v) is 19.7.